The highest BCUT2D eigenvalue weighted by molar-refractivity contribution is 5.91. The van der Waals surface area contributed by atoms with Crippen LogP contribution in [0.25, 0.3) is 0 Å². The third-order valence-corrected chi connectivity index (χ3v) is 6.98. The van der Waals surface area contributed by atoms with Crippen molar-refractivity contribution in [1.82, 2.24) is 4.90 Å². The molecule has 0 aliphatic carbocycles. The standard InChI is InChI=1S/C25H27FN2O4/c26-20-7-4-8-21(15-20)28-18-25(32-23(28)30)9-12-27(17-25)22(29)24(10-13-31-14-11-24)16-19-5-2-1-3-6-19/h1-8,15H,9-14,16-18H2. The van der Waals surface area contributed by atoms with Crippen molar-refractivity contribution in [2.75, 3.05) is 37.7 Å². The summed E-state index contributed by atoms with van der Waals surface area (Å²) in [5.74, 6) is -0.288. The normalized spacial score (nSPS) is 24.7. The van der Waals surface area contributed by atoms with Crippen molar-refractivity contribution in [2.24, 2.45) is 5.41 Å². The lowest BCUT2D eigenvalue weighted by Crippen LogP contribution is -2.49. The molecule has 32 heavy (non-hydrogen) atoms. The van der Waals surface area contributed by atoms with E-state index in [0.29, 0.717) is 64.2 Å². The molecule has 0 bridgehead atoms. The van der Waals surface area contributed by atoms with Crippen molar-refractivity contribution < 1.29 is 23.5 Å². The van der Waals surface area contributed by atoms with Gasteiger partial charge in [-0.2, -0.15) is 0 Å². The minimum atomic E-state index is -0.752. The number of nitrogens with zero attached hydrogens (tertiary/aromatic N) is 2. The summed E-state index contributed by atoms with van der Waals surface area (Å²) in [5.41, 5.74) is 0.358. The largest absolute Gasteiger partial charge is 0.439 e. The van der Waals surface area contributed by atoms with Gasteiger partial charge in [-0.05, 0) is 43.0 Å². The molecule has 5 rings (SSSR count). The van der Waals surface area contributed by atoms with Crippen molar-refractivity contribution in [2.45, 2.75) is 31.3 Å². The number of hydrogen-bond acceptors (Lipinski definition) is 4. The van der Waals surface area contributed by atoms with Crippen LogP contribution < -0.4 is 4.90 Å². The Morgan fingerprint density at radius 1 is 1.00 bits per heavy atom. The Morgan fingerprint density at radius 2 is 1.78 bits per heavy atom. The Morgan fingerprint density at radius 3 is 2.53 bits per heavy atom. The van der Waals surface area contributed by atoms with E-state index in [1.165, 1.54) is 17.0 Å². The lowest BCUT2D eigenvalue weighted by Gasteiger charge is -2.39. The molecular weight excluding hydrogens is 411 g/mol. The van der Waals surface area contributed by atoms with Crippen LogP contribution in [-0.2, 0) is 20.7 Å². The highest BCUT2D eigenvalue weighted by Crippen LogP contribution is 2.41. The molecule has 2 aromatic carbocycles. The molecule has 6 nitrogen and oxygen atoms in total. The minimum absolute atomic E-state index is 0.113. The van der Waals surface area contributed by atoms with E-state index in [9.17, 15) is 14.0 Å². The molecule has 1 spiro atoms. The Hall–Kier alpha value is -2.93. The molecule has 2 aromatic rings. The summed E-state index contributed by atoms with van der Waals surface area (Å²) in [4.78, 5) is 29.7. The summed E-state index contributed by atoms with van der Waals surface area (Å²) in [7, 11) is 0. The number of likely N-dealkylation sites (tertiary alicyclic amines) is 1. The zero-order valence-electron chi connectivity index (χ0n) is 18.0. The summed E-state index contributed by atoms with van der Waals surface area (Å²) < 4.78 is 25.0. The summed E-state index contributed by atoms with van der Waals surface area (Å²) in [6.07, 6.45) is 2.12. The van der Waals surface area contributed by atoms with Gasteiger partial charge in [-0.25, -0.2) is 9.18 Å². The topological polar surface area (TPSA) is 59.1 Å². The van der Waals surface area contributed by atoms with Crippen LogP contribution in [0, 0.1) is 11.2 Å². The van der Waals surface area contributed by atoms with E-state index in [0.717, 1.165) is 5.56 Å². The van der Waals surface area contributed by atoms with Crippen molar-refractivity contribution in [3.05, 3.63) is 66.0 Å². The summed E-state index contributed by atoms with van der Waals surface area (Å²) in [5, 5.41) is 0. The van der Waals surface area contributed by atoms with Crippen molar-refractivity contribution in [3.63, 3.8) is 0 Å². The average Bonchev–Trinajstić information content (AvgIpc) is 3.37. The van der Waals surface area contributed by atoms with E-state index in [4.69, 9.17) is 9.47 Å². The van der Waals surface area contributed by atoms with E-state index >= 15 is 0 Å². The molecule has 3 saturated heterocycles. The Balaban J connectivity index is 1.33. The number of halogens is 1. The SMILES string of the molecule is O=C1OC2(CCN(C(=O)C3(Cc4ccccc4)CCOCC3)C2)CN1c1cccc(F)c1. The van der Waals surface area contributed by atoms with Gasteiger partial charge in [0, 0.05) is 26.2 Å². The van der Waals surface area contributed by atoms with E-state index in [2.05, 4.69) is 12.1 Å². The first-order chi connectivity index (χ1) is 15.5. The third kappa shape index (κ3) is 3.86. The molecule has 3 fully saturated rings. The van der Waals surface area contributed by atoms with E-state index in [1.54, 1.807) is 12.1 Å². The summed E-state index contributed by atoms with van der Waals surface area (Å²) >= 11 is 0. The number of carbonyl (C=O) groups is 2. The van der Waals surface area contributed by atoms with Crippen LogP contribution >= 0.6 is 0 Å². The van der Waals surface area contributed by atoms with Gasteiger partial charge in [0.25, 0.3) is 0 Å². The number of rotatable bonds is 4. The van der Waals surface area contributed by atoms with Gasteiger partial charge in [-0.15, -0.1) is 0 Å². The maximum atomic E-state index is 13.8. The van der Waals surface area contributed by atoms with Crippen molar-refractivity contribution in [3.8, 4) is 0 Å². The highest BCUT2D eigenvalue weighted by Gasteiger charge is 2.53. The van der Waals surface area contributed by atoms with Gasteiger partial charge in [0.2, 0.25) is 5.91 Å². The van der Waals surface area contributed by atoms with Crippen molar-refractivity contribution >= 4 is 17.7 Å². The van der Waals surface area contributed by atoms with Gasteiger partial charge in [0.1, 0.15) is 5.82 Å². The second-order valence-electron chi connectivity index (χ2n) is 9.15. The van der Waals surface area contributed by atoms with Gasteiger partial charge < -0.3 is 14.4 Å². The molecule has 3 aliphatic rings. The summed E-state index contributed by atoms with van der Waals surface area (Å²) in [6, 6.07) is 16.0. The van der Waals surface area contributed by atoms with E-state index in [-0.39, 0.29) is 5.91 Å². The zero-order valence-corrected chi connectivity index (χ0v) is 18.0. The molecule has 0 radical (unpaired) electrons. The van der Waals surface area contributed by atoms with Crippen LogP contribution in [0.2, 0.25) is 0 Å². The molecular formula is C25H27FN2O4. The van der Waals surface area contributed by atoms with Gasteiger partial charge in [-0.1, -0.05) is 36.4 Å². The van der Waals surface area contributed by atoms with Gasteiger partial charge >= 0.3 is 6.09 Å². The quantitative estimate of drug-likeness (QED) is 0.729. The van der Waals surface area contributed by atoms with Crippen LogP contribution in [0.1, 0.15) is 24.8 Å². The second-order valence-corrected chi connectivity index (χ2v) is 9.15. The minimum Gasteiger partial charge on any atom is -0.439 e. The van der Waals surface area contributed by atoms with Crippen LogP contribution in [0.5, 0.6) is 0 Å². The number of carbonyl (C=O) groups excluding carboxylic acids is 2. The molecule has 0 N–H and O–H groups in total. The molecule has 3 heterocycles. The van der Waals surface area contributed by atoms with E-state index < -0.39 is 22.9 Å². The molecule has 0 aromatic heterocycles. The molecule has 7 heteroatoms. The lowest BCUT2D eigenvalue weighted by molar-refractivity contribution is -0.147. The fourth-order valence-corrected chi connectivity index (χ4v) is 5.25. The Labute approximate surface area is 186 Å². The first-order valence-electron chi connectivity index (χ1n) is 11.2. The fourth-order valence-electron chi connectivity index (χ4n) is 5.25. The lowest BCUT2D eigenvalue weighted by atomic mass is 9.74. The number of benzene rings is 2. The maximum Gasteiger partial charge on any atom is 0.415 e. The maximum absolute atomic E-state index is 13.8. The van der Waals surface area contributed by atoms with Crippen LogP contribution in [0.3, 0.4) is 0 Å². The Bertz CT molecular complexity index is 1010. The summed E-state index contributed by atoms with van der Waals surface area (Å²) in [6.45, 7) is 2.36. The van der Waals surface area contributed by atoms with Gasteiger partial charge in [0.15, 0.2) is 5.60 Å². The predicted octanol–water partition coefficient (Wildman–Crippen LogP) is 3.79. The molecule has 3 aliphatic heterocycles. The molecule has 2 amide bonds. The highest BCUT2D eigenvalue weighted by atomic mass is 19.1. The predicted molar refractivity (Wildman–Crippen MR) is 117 cm³/mol. The first kappa shape index (κ1) is 20.9. The van der Waals surface area contributed by atoms with Crippen molar-refractivity contribution in [1.29, 1.82) is 0 Å². The van der Waals surface area contributed by atoms with Crippen LogP contribution in [0.4, 0.5) is 14.9 Å². The van der Waals surface area contributed by atoms with Gasteiger partial charge in [0.05, 0.1) is 24.2 Å². The smallest absolute Gasteiger partial charge is 0.415 e. The van der Waals surface area contributed by atoms with Crippen LogP contribution in [0.15, 0.2) is 54.6 Å². The first-order valence-corrected chi connectivity index (χ1v) is 11.2. The average molecular weight is 438 g/mol. The third-order valence-electron chi connectivity index (χ3n) is 6.98. The zero-order chi connectivity index (χ0) is 22.2. The fraction of sp³-hybridized carbons (Fsp3) is 0.440. The number of anilines is 1. The molecule has 1 atom stereocenters. The second kappa shape index (κ2) is 8.20. The van der Waals surface area contributed by atoms with E-state index in [1.807, 2.05) is 23.1 Å². The molecule has 0 saturated carbocycles. The number of amides is 2. The monoisotopic (exact) mass is 438 g/mol. The number of ether oxygens (including phenoxy) is 2. The molecule has 1 unspecified atom stereocenters. The van der Waals surface area contributed by atoms with Crippen LogP contribution in [-0.4, -0.2) is 55.3 Å². The number of hydrogen-bond donors (Lipinski definition) is 0. The van der Waals surface area contributed by atoms with Gasteiger partial charge in [-0.3, -0.25) is 9.69 Å². The molecule has 168 valence electrons. The Kier molecular flexibility index (Phi) is 5.37.